The fraction of sp³-hybridized carbons (Fsp3) is 0.259. The summed E-state index contributed by atoms with van der Waals surface area (Å²) in [6, 6.07) is 21.1. The summed E-state index contributed by atoms with van der Waals surface area (Å²) in [6.45, 7) is 1.92. The number of aromatic nitrogens is 2. The molecule has 0 bridgehead atoms. The maximum atomic E-state index is 13.3. The molecule has 36 heavy (non-hydrogen) atoms. The standard InChI is InChI=1S/C27H24BrF3N4O/c28-19-9-11-20(12-10-19)35-24-8-4-3-7-23(24)32-25(35)17-34-15-13-18(14-16-34)26(36)33-22-6-2-1-5-21(22)27(29,30)31/h1-12,18H,13-17H2,(H,33,36). The minimum Gasteiger partial charge on any atom is -0.325 e. The molecule has 5 nitrogen and oxygen atoms in total. The average molecular weight is 557 g/mol. The van der Waals surface area contributed by atoms with Crippen LogP contribution in [-0.4, -0.2) is 33.4 Å². The second-order valence-electron chi connectivity index (χ2n) is 8.91. The average Bonchev–Trinajstić information content (AvgIpc) is 3.22. The third kappa shape index (κ3) is 5.17. The fourth-order valence-electron chi connectivity index (χ4n) is 4.69. The molecular weight excluding hydrogens is 533 g/mol. The Bertz CT molecular complexity index is 1380. The van der Waals surface area contributed by atoms with Gasteiger partial charge < -0.3 is 5.32 Å². The molecule has 9 heteroatoms. The van der Waals surface area contributed by atoms with Gasteiger partial charge in [0.25, 0.3) is 0 Å². The van der Waals surface area contributed by atoms with Crippen molar-refractivity contribution in [3.63, 3.8) is 0 Å². The van der Waals surface area contributed by atoms with Crippen molar-refractivity contribution in [1.82, 2.24) is 14.5 Å². The van der Waals surface area contributed by atoms with E-state index in [0.29, 0.717) is 32.5 Å². The predicted octanol–water partition coefficient (Wildman–Crippen LogP) is 6.66. The number of para-hydroxylation sites is 3. The molecular formula is C27H24BrF3N4O. The molecule has 1 fully saturated rings. The number of amides is 1. The Morgan fingerprint density at radius 3 is 2.36 bits per heavy atom. The highest BCUT2D eigenvalue weighted by Crippen LogP contribution is 2.35. The van der Waals surface area contributed by atoms with Crippen LogP contribution in [0, 0.1) is 5.92 Å². The first-order valence-electron chi connectivity index (χ1n) is 11.7. The van der Waals surface area contributed by atoms with Crippen molar-refractivity contribution in [2.75, 3.05) is 18.4 Å². The van der Waals surface area contributed by atoms with Crippen molar-refractivity contribution in [3.8, 4) is 5.69 Å². The van der Waals surface area contributed by atoms with E-state index in [1.54, 1.807) is 0 Å². The monoisotopic (exact) mass is 556 g/mol. The molecule has 186 valence electrons. The van der Waals surface area contributed by atoms with Gasteiger partial charge in [-0.2, -0.15) is 13.2 Å². The largest absolute Gasteiger partial charge is 0.418 e. The predicted molar refractivity (Wildman–Crippen MR) is 137 cm³/mol. The van der Waals surface area contributed by atoms with E-state index in [9.17, 15) is 18.0 Å². The molecule has 0 saturated carbocycles. The zero-order valence-corrected chi connectivity index (χ0v) is 20.9. The van der Waals surface area contributed by atoms with Gasteiger partial charge in [-0.1, -0.05) is 40.2 Å². The molecule has 0 spiro atoms. The Morgan fingerprint density at radius 2 is 1.64 bits per heavy atom. The van der Waals surface area contributed by atoms with Crippen LogP contribution in [0.15, 0.2) is 77.3 Å². The molecule has 1 aromatic heterocycles. The zero-order valence-electron chi connectivity index (χ0n) is 19.3. The summed E-state index contributed by atoms with van der Waals surface area (Å²) in [5.74, 6) is 0.196. The second kappa shape index (κ2) is 10.1. The Morgan fingerprint density at radius 1 is 0.972 bits per heavy atom. The minimum atomic E-state index is -4.52. The molecule has 4 aromatic rings. The van der Waals surface area contributed by atoms with Gasteiger partial charge >= 0.3 is 6.18 Å². The number of anilines is 1. The lowest BCUT2D eigenvalue weighted by Crippen LogP contribution is -2.38. The summed E-state index contributed by atoms with van der Waals surface area (Å²) in [6.07, 6.45) is -3.38. The normalized spacial score (nSPS) is 15.3. The minimum absolute atomic E-state index is 0.194. The SMILES string of the molecule is O=C(Nc1ccccc1C(F)(F)F)C1CCN(Cc2nc3ccccc3n2-c2ccc(Br)cc2)CC1. The highest BCUT2D eigenvalue weighted by atomic mass is 79.9. The van der Waals surface area contributed by atoms with Gasteiger partial charge in [-0.15, -0.1) is 0 Å². The third-order valence-corrected chi connectivity index (χ3v) is 7.06. The lowest BCUT2D eigenvalue weighted by molar-refractivity contribution is -0.137. The maximum absolute atomic E-state index is 13.3. The maximum Gasteiger partial charge on any atom is 0.418 e. The van der Waals surface area contributed by atoms with E-state index in [-0.39, 0.29) is 17.5 Å². The van der Waals surface area contributed by atoms with Gasteiger partial charge in [0.1, 0.15) is 5.82 Å². The molecule has 3 aromatic carbocycles. The van der Waals surface area contributed by atoms with Crippen LogP contribution in [0.2, 0.25) is 0 Å². The Balaban J connectivity index is 1.28. The zero-order chi connectivity index (χ0) is 25.3. The third-order valence-electron chi connectivity index (χ3n) is 6.53. The van der Waals surface area contributed by atoms with Gasteiger partial charge in [-0.05, 0) is 74.5 Å². The van der Waals surface area contributed by atoms with Crippen LogP contribution >= 0.6 is 15.9 Å². The summed E-state index contributed by atoms with van der Waals surface area (Å²) in [5, 5.41) is 2.51. The number of imidazole rings is 1. The van der Waals surface area contributed by atoms with Crippen LogP contribution in [0.3, 0.4) is 0 Å². The number of nitrogens with one attached hydrogen (secondary N) is 1. The number of benzene rings is 3. The van der Waals surface area contributed by atoms with Gasteiger partial charge in [0.05, 0.1) is 28.8 Å². The van der Waals surface area contributed by atoms with Crippen molar-refractivity contribution >= 4 is 38.6 Å². The number of carbonyl (C=O) groups excluding carboxylic acids is 1. The van der Waals surface area contributed by atoms with Gasteiger partial charge in [-0.3, -0.25) is 14.3 Å². The van der Waals surface area contributed by atoms with Crippen LogP contribution < -0.4 is 5.32 Å². The second-order valence-corrected chi connectivity index (χ2v) is 9.83. The molecule has 1 N–H and O–H groups in total. The van der Waals surface area contributed by atoms with E-state index >= 15 is 0 Å². The topological polar surface area (TPSA) is 50.2 Å². The fourth-order valence-corrected chi connectivity index (χ4v) is 4.95. The van der Waals surface area contributed by atoms with Crippen LogP contribution in [0.4, 0.5) is 18.9 Å². The number of hydrogen-bond acceptors (Lipinski definition) is 3. The molecule has 1 amide bonds. The Labute approximate surface area is 215 Å². The van der Waals surface area contributed by atoms with E-state index in [1.807, 2.05) is 48.5 Å². The number of halogens is 4. The van der Waals surface area contributed by atoms with Gasteiger partial charge in [0.2, 0.25) is 5.91 Å². The molecule has 1 saturated heterocycles. The summed E-state index contributed by atoms with van der Waals surface area (Å²) in [5.41, 5.74) is 1.92. The number of likely N-dealkylation sites (tertiary alicyclic amines) is 1. The first-order valence-corrected chi connectivity index (χ1v) is 12.5. The number of nitrogens with zero attached hydrogens (tertiary/aromatic N) is 3. The van der Waals surface area contributed by atoms with Crippen molar-refractivity contribution in [2.45, 2.75) is 25.6 Å². The molecule has 1 aliphatic rings. The van der Waals surface area contributed by atoms with Crippen molar-refractivity contribution < 1.29 is 18.0 Å². The molecule has 0 radical (unpaired) electrons. The molecule has 2 heterocycles. The van der Waals surface area contributed by atoms with Crippen LogP contribution in [-0.2, 0) is 17.5 Å². The lowest BCUT2D eigenvalue weighted by atomic mass is 9.95. The summed E-state index contributed by atoms with van der Waals surface area (Å²) in [7, 11) is 0. The number of alkyl halides is 3. The van der Waals surface area contributed by atoms with Crippen LogP contribution in [0.1, 0.15) is 24.2 Å². The van der Waals surface area contributed by atoms with E-state index in [0.717, 1.165) is 33.1 Å². The van der Waals surface area contributed by atoms with E-state index in [2.05, 4.69) is 30.7 Å². The highest BCUT2D eigenvalue weighted by Gasteiger charge is 2.34. The van der Waals surface area contributed by atoms with E-state index in [4.69, 9.17) is 4.98 Å². The smallest absolute Gasteiger partial charge is 0.325 e. The van der Waals surface area contributed by atoms with Gasteiger partial charge in [0, 0.05) is 16.1 Å². The molecule has 0 aliphatic carbocycles. The molecule has 0 unspecified atom stereocenters. The number of piperidine rings is 1. The van der Waals surface area contributed by atoms with Crippen molar-refractivity contribution in [3.05, 3.63) is 88.7 Å². The summed E-state index contributed by atoms with van der Waals surface area (Å²) < 4.78 is 43.0. The first kappa shape index (κ1) is 24.5. The Hall–Kier alpha value is -3.17. The highest BCUT2D eigenvalue weighted by molar-refractivity contribution is 9.10. The number of hydrogen-bond donors (Lipinski definition) is 1. The van der Waals surface area contributed by atoms with Crippen LogP contribution in [0.25, 0.3) is 16.7 Å². The van der Waals surface area contributed by atoms with Gasteiger partial charge in [-0.25, -0.2) is 4.98 Å². The summed E-state index contributed by atoms with van der Waals surface area (Å²) in [4.78, 5) is 19.9. The number of carbonyl (C=O) groups is 1. The summed E-state index contributed by atoms with van der Waals surface area (Å²) >= 11 is 3.49. The first-order chi connectivity index (χ1) is 17.3. The van der Waals surface area contributed by atoms with E-state index in [1.165, 1.54) is 18.2 Å². The van der Waals surface area contributed by atoms with Crippen LogP contribution in [0.5, 0.6) is 0 Å². The van der Waals surface area contributed by atoms with Crippen molar-refractivity contribution in [2.24, 2.45) is 5.92 Å². The molecule has 5 rings (SSSR count). The lowest BCUT2D eigenvalue weighted by Gasteiger charge is -2.31. The molecule has 1 aliphatic heterocycles. The van der Waals surface area contributed by atoms with Gasteiger partial charge in [0.15, 0.2) is 0 Å². The molecule has 0 atom stereocenters. The van der Waals surface area contributed by atoms with Crippen molar-refractivity contribution in [1.29, 1.82) is 0 Å². The van der Waals surface area contributed by atoms with E-state index < -0.39 is 11.7 Å². The Kier molecular flexibility index (Phi) is 6.85. The number of rotatable bonds is 5. The quantitative estimate of drug-likeness (QED) is 0.299. The number of fused-ring (bicyclic) bond motifs is 1.